The van der Waals surface area contributed by atoms with Crippen LogP contribution in [0.3, 0.4) is 0 Å². The number of hydrogen-bond acceptors (Lipinski definition) is 3. The Bertz CT molecular complexity index is 748. The third-order valence-electron chi connectivity index (χ3n) is 6.03. The Balaban J connectivity index is 0.00000210. The predicted molar refractivity (Wildman–Crippen MR) is 109 cm³/mol. The molecule has 1 amide bonds. The van der Waals surface area contributed by atoms with Crippen LogP contribution in [0, 0.1) is 5.92 Å². The summed E-state index contributed by atoms with van der Waals surface area (Å²) < 4.78 is 1.81. The van der Waals surface area contributed by atoms with Gasteiger partial charge in [0.25, 0.3) is 0 Å². The molecule has 1 aliphatic heterocycles. The van der Waals surface area contributed by atoms with E-state index in [9.17, 15) is 4.79 Å². The minimum atomic E-state index is -0.0162. The summed E-state index contributed by atoms with van der Waals surface area (Å²) in [5, 5.41) is 11.1. The first-order valence-corrected chi connectivity index (χ1v) is 9.77. The molecule has 6 heteroatoms. The van der Waals surface area contributed by atoms with Crippen molar-refractivity contribution in [3.63, 3.8) is 0 Å². The molecular formula is C21H29ClN4O. The number of carbonyl (C=O) groups is 1. The number of aromatic nitrogens is 2. The molecular weight excluding hydrogens is 360 g/mol. The maximum atomic E-state index is 13.1. The average molecular weight is 389 g/mol. The minimum absolute atomic E-state index is 0. The molecule has 2 fully saturated rings. The first-order chi connectivity index (χ1) is 12.7. The summed E-state index contributed by atoms with van der Waals surface area (Å²) in [6.07, 6.45) is 8.60. The Morgan fingerprint density at radius 1 is 1.11 bits per heavy atom. The molecule has 0 radical (unpaired) electrons. The van der Waals surface area contributed by atoms with Gasteiger partial charge in [-0.15, -0.1) is 12.4 Å². The maximum absolute atomic E-state index is 13.1. The molecule has 1 saturated heterocycles. The minimum Gasteiger partial charge on any atom is -0.352 e. The van der Waals surface area contributed by atoms with Crippen LogP contribution in [0.25, 0.3) is 0 Å². The van der Waals surface area contributed by atoms with E-state index in [1.165, 1.54) is 18.4 Å². The SMILES string of the molecule is Cl.Cn1cc([C@H]2CNC[C@@H]2C(=O)NC2CCCCC2c2ccccc2)cn1. The Morgan fingerprint density at radius 2 is 1.89 bits per heavy atom. The molecule has 1 saturated carbocycles. The Hall–Kier alpha value is -1.85. The fraction of sp³-hybridized carbons (Fsp3) is 0.524. The molecule has 146 valence electrons. The molecule has 1 aliphatic carbocycles. The standard InChI is InChI=1S/C21H28N4O.ClH/c1-25-14-16(11-23-25)18-12-22-13-19(18)21(26)24-20-10-6-5-9-17(20)15-7-3-2-4-8-15;/h2-4,7-8,11,14,17-20,22H,5-6,9-10,12-13H2,1H3,(H,24,26);1H/t17?,18-,19+,20?;/m1./s1. The number of rotatable bonds is 4. The number of halogens is 1. The van der Waals surface area contributed by atoms with Crippen LogP contribution in [0.4, 0.5) is 0 Å². The number of aryl methyl sites for hydroxylation is 1. The van der Waals surface area contributed by atoms with Crippen molar-refractivity contribution in [3.05, 3.63) is 53.9 Å². The van der Waals surface area contributed by atoms with E-state index in [2.05, 4.69) is 46.1 Å². The number of nitrogens with zero attached hydrogens (tertiary/aromatic N) is 2. The van der Waals surface area contributed by atoms with E-state index in [0.29, 0.717) is 5.92 Å². The third kappa shape index (κ3) is 4.36. The van der Waals surface area contributed by atoms with E-state index >= 15 is 0 Å². The second-order valence-corrected chi connectivity index (χ2v) is 7.74. The summed E-state index contributed by atoms with van der Waals surface area (Å²) in [6.45, 7) is 1.59. The molecule has 0 spiro atoms. The van der Waals surface area contributed by atoms with Gasteiger partial charge in [-0.1, -0.05) is 43.2 Å². The van der Waals surface area contributed by atoms with Gasteiger partial charge in [0.2, 0.25) is 5.91 Å². The molecule has 0 bridgehead atoms. The van der Waals surface area contributed by atoms with E-state index in [1.54, 1.807) is 0 Å². The number of nitrogens with one attached hydrogen (secondary N) is 2. The number of benzene rings is 1. The van der Waals surface area contributed by atoms with Gasteiger partial charge in [0.15, 0.2) is 0 Å². The normalized spacial score (nSPS) is 27.7. The molecule has 5 nitrogen and oxygen atoms in total. The fourth-order valence-corrected chi connectivity index (χ4v) is 4.63. The van der Waals surface area contributed by atoms with Crippen LogP contribution in [-0.4, -0.2) is 34.8 Å². The zero-order chi connectivity index (χ0) is 17.9. The largest absolute Gasteiger partial charge is 0.352 e. The zero-order valence-corrected chi connectivity index (χ0v) is 16.6. The van der Waals surface area contributed by atoms with Crippen LogP contribution in [0.1, 0.15) is 48.6 Å². The third-order valence-corrected chi connectivity index (χ3v) is 6.03. The molecule has 2 heterocycles. The van der Waals surface area contributed by atoms with Gasteiger partial charge in [-0.25, -0.2) is 0 Å². The van der Waals surface area contributed by atoms with Gasteiger partial charge >= 0.3 is 0 Å². The highest BCUT2D eigenvalue weighted by Crippen LogP contribution is 2.34. The van der Waals surface area contributed by atoms with Gasteiger partial charge in [-0.2, -0.15) is 5.10 Å². The second kappa shape index (κ2) is 8.89. The summed E-state index contributed by atoms with van der Waals surface area (Å²) in [4.78, 5) is 13.1. The number of carbonyl (C=O) groups excluding carboxylic acids is 1. The predicted octanol–water partition coefficient (Wildman–Crippen LogP) is 2.99. The molecule has 2 N–H and O–H groups in total. The van der Waals surface area contributed by atoms with E-state index in [0.717, 1.165) is 31.5 Å². The van der Waals surface area contributed by atoms with Gasteiger partial charge in [-0.05, 0) is 24.0 Å². The second-order valence-electron chi connectivity index (χ2n) is 7.74. The van der Waals surface area contributed by atoms with Gasteiger partial charge in [0, 0.05) is 44.2 Å². The van der Waals surface area contributed by atoms with Crippen molar-refractivity contribution in [1.82, 2.24) is 20.4 Å². The van der Waals surface area contributed by atoms with Crippen LogP contribution in [0.2, 0.25) is 0 Å². The lowest BCUT2D eigenvalue weighted by Gasteiger charge is -2.33. The summed E-state index contributed by atoms with van der Waals surface area (Å²) >= 11 is 0. The van der Waals surface area contributed by atoms with Crippen molar-refractivity contribution in [2.24, 2.45) is 13.0 Å². The molecule has 2 unspecified atom stereocenters. The van der Waals surface area contributed by atoms with Gasteiger partial charge < -0.3 is 10.6 Å². The highest BCUT2D eigenvalue weighted by Gasteiger charge is 2.37. The van der Waals surface area contributed by atoms with Crippen LogP contribution in [-0.2, 0) is 11.8 Å². The highest BCUT2D eigenvalue weighted by molar-refractivity contribution is 5.85. The lowest BCUT2D eigenvalue weighted by atomic mass is 9.79. The molecule has 2 aliphatic rings. The van der Waals surface area contributed by atoms with Crippen LogP contribution >= 0.6 is 12.4 Å². The van der Waals surface area contributed by atoms with E-state index in [4.69, 9.17) is 0 Å². The van der Waals surface area contributed by atoms with Crippen molar-refractivity contribution in [3.8, 4) is 0 Å². The highest BCUT2D eigenvalue weighted by atomic mass is 35.5. The molecule has 4 atom stereocenters. The first-order valence-electron chi connectivity index (χ1n) is 9.77. The molecule has 1 aromatic heterocycles. The lowest BCUT2D eigenvalue weighted by Crippen LogP contribution is -2.45. The van der Waals surface area contributed by atoms with Crippen LogP contribution < -0.4 is 10.6 Å². The van der Waals surface area contributed by atoms with Crippen molar-refractivity contribution in [1.29, 1.82) is 0 Å². The van der Waals surface area contributed by atoms with Crippen molar-refractivity contribution in [2.45, 2.75) is 43.6 Å². The van der Waals surface area contributed by atoms with E-state index in [1.807, 2.05) is 24.1 Å². The summed E-state index contributed by atoms with van der Waals surface area (Å²) in [5.74, 6) is 0.816. The molecule has 1 aromatic carbocycles. The Morgan fingerprint density at radius 3 is 2.63 bits per heavy atom. The Kier molecular flexibility index (Phi) is 6.55. The number of hydrogen-bond donors (Lipinski definition) is 2. The van der Waals surface area contributed by atoms with Crippen LogP contribution in [0.5, 0.6) is 0 Å². The quantitative estimate of drug-likeness (QED) is 0.846. The van der Waals surface area contributed by atoms with E-state index in [-0.39, 0.29) is 36.2 Å². The number of amides is 1. The maximum Gasteiger partial charge on any atom is 0.225 e. The summed E-state index contributed by atoms with van der Waals surface area (Å²) in [6, 6.07) is 10.9. The smallest absolute Gasteiger partial charge is 0.225 e. The van der Waals surface area contributed by atoms with Crippen molar-refractivity contribution >= 4 is 18.3 Å². The fourth-order valence-electron chi connectivity index (χ4n) is 4.63. The molecule has 27 heavy (non-hydrogen) atoms. The van der Waals surface area contributed by atoms with Crippen molar-refractivity contribution < 1.29 is 4.79 Å². The lowest BCUT2D eigenvalue weighted by molar-refractivity contribution is -0.125. The van der Waals surface area contributed by atoms with Gasteiger partial charge in [-0.3, -0.25) is 9.48 Å². The monoisotopic (exact) mass is 388 g/mol. The Labute approximate surface area is 167 Å². The topological polar surface area (TPSA) is 59.0 Å². The molecule has 4 rings (SSSR count). The average Bonchev–Trinajstić information content (AvgIpc) is 3.31. The van der Waals surface area contributed by atoms with Gasteiger partial charge in [0.1, 0.15) is 0 Å². The summed E-state index contributed by atoms with van der Waals surface area (Å²) in [5.41, 5.74) is 2.51. The van der Waals surface area contributed by atoms with E-state index < -0.39 is 0 Å². The summed E-state index contributed by atoms with van der Waals surface area (Å²) in [7, 11) is 1.92. The molecule has 2 aromatic rings. The van der Waals surface area contributed by atoms with Gasteiger partial charge in [0.05, 0.1) is 12.1 Å². The first kappa shape index (κ1) is 19.9. The van der Waals surface area contributed by atoms with Crippen LogP contribution in [0.15, 0.2) is 42.7 Å². The van der Waals surface area contributed by atoms with Crippen molar-refractivity contribution in [2.75, 3.05) is 13.1 Å². The zero-order valence-electron chi connectivity index (χ0n) is 15.8.